The van der Waals surface area contributed by atoms with Gasteiger partial charge in [0.25, 0.3) is 5.56 Å². The monoisotopic (exact) mass is 949 g/mol. The summed E-state index contributed by atoms with van der Waals surface area (Å²) in [5.41, 5.74) is 2.77. The van der Waals surface area contributed by atoms with Gasteiger partial charge >= 0.3 is 45.0 Å². The Morgan fingerprint density at radius 1 is 0.679 bits per heavy atom. The summed E-state index contributed by atoms with van der Waals surface area (Å²) in [4.78, 5) is 93.1. The summed E-state index contributed by atoms with van der Waals surface area (Å²) in [6, 6.07) is 2.16. The summed E-state index contributed by atoms with van der Waals surface area (Å²) in [7, 11) is 0. The third-order valence-corrected chi connectivity index (χ3v) is 19.5. The molecule has 5 unspecified atom stereocenters. The molecule has 4 rings (SSSR count). The zero-order valence-corrected chi connectivity index (χ0v) is 34.1. The van der Waals surface area contributed by atoms with Crippen molar-refractivity contribution in [3.63, 3.8) is 0 Å². The van der Waals surface area contributed by atoms with Crippen LogP contribution in [-0.4, -0.2) is 114 Å². The van der Waals surface area contributed by atoms with Gasteiger partial charge in [-0.25, -0.2) is 26.8 Å². The molecule has 0 radical (unpaired) electrons. The molecular formula is C18H28N5O20P5S5. The number of nitrogens with zero attached hydrogens (tertiary/aromatic N) is 3. The predicted octanol–water partition coefficient (Wildman–Crippen LogP) is -3.20. The minimum Gasteiger partial charge on any atom is -0.387 e. The number of nitrogens with one attached hydrogen (secondary N) is 1. The van der Waals surface area contributed by atoms with Crippen molar-refractivity contribution in [1.29, 1.82) is 0 Å². The molecule has 35 heteroatoms. The predicted molar refractivity (Wildman–Crippen MR) is 195 cm³/mol. The lowest BCUT2D eigenvalue weighted by Crippen LogP contribution is -2.37. The maximum Gasteiger partial charge on any atom is 0.351 e. The van der Waals surface area contributed by atoms with Crippen LogP contribution in [0.25, 0.3) is 0 Å². The number of aromatic amines is 1. The number of aliphatic hydroxyl groups excluding tert-OH is 4. The highest BCUT2D eigenvalue weighted by Crippen LogP contribution is 2.74. The average molecular weight is 950 g/mol. The molecule has 4 heterocycles. The van der Waals surface area contributed by atoms with Gasteiger partial charge < -0.3 is 69.1 Å². The van der Waals surface area contributed by atoms with Crippen LogP contribution >= 0.6 is 33.6 Å². The second kappa shape index (κ2) is 17.4. The van der Waals surface area contributed by atoms with Gasteiger partial charge in [0, 0.05) is 18.5 Å². The van der Waals surface area contributed by atoms with E-state index in [1.54, 1.807) is 0 Å². The van der Waals surface area contributed by atoms with Gasteiger partial charge in [0.15, 0.2) is 12.5 Å². The first-order chi connectivity index (χ1) is 24.2. The van der Waals surface area contributed by atoms with E-state index in [2.05, 4.69) is 49.0 Å². The molecular weight excluding hydrogens is 921 g/mol. The van der Waals surface area contributed by atoms with Gasteiger partial charge in [-0.05, 0) is 65.1 Å². The molecule has 2 fully saturated rings. The van der Waals surface area contributed by atoms with E-state index >= 15 is 0 Å². The van der Waals surface area contributed by atoms with Gasteiger partial charge in [-0.2, -0.15) is 4.98 Å². The number of nitrogens with two attached hydrogens (primary N) is 1. The highest BCUT2D eigenvalue weighted by molar-refractivity contribution is 8.20. The summed E-state index contributed by atoms with van der Waals surface area (Å²) in [6.45, 7) is -26.0. The SMILES string of the molecule is Nc1ccn([C@@H]2O[C@H](COP(O)(=S)OP(O)(=S)OP(O)(=S)OP(O)(=S)OP(O)(=S)OC[C@H]3O[C@@H](n4ccc(=O)[nH]c4=O)[C@H](O)[C@@H]3O)[C@@H](O)[C@H]2O)c(=O)n1. The Kier molecular flexibility index (Phi) is 15.0. The fourth-order valence-corrected chi connectivity index (χ4v) is 19.2. The molecule has 0 spiro atoms. The topological polar surface area (TPSA) is 372 Å². The van der Waals surface area contributed by atoms with Crippen molar-refractivity contribution in [2.24, 2.45) is 0 Å². The van der Waals surface area contributed by atoms with Crippen molar-refractivity contribution in [2.75, 3.05) is 18.9 Å². The van der Waals surface area contributed by atoms with Crippen LogP contribution < -0.4 is 22.7 Å². The van der Waals surface area contributed by atoms with Gasteiger partial charge in [-0.3, -0.25) is 18.9 Å². The number of nitrogen functional groups attached to an aromatic ring is 1. The molecule has 2 aliphatic rings. The Labute approximate surface area is 320 Å². The van der Waals surface area contributed by atoms with Crippen molar-refractivity contribution < 1.29 is 80.7 Å². The molecule has 300 valence electrons. The molecule has 0 saturated carbocycles. The molecule has 53 heavy (non-hydrogen) atoms. The van der Waals surface area contributed by atoms with Gasteiger partial charge in [-0.15, -0.1) is 0 Å². The van der Waals surface area contributed by atoms with E-state index in [1.807, 2.05) is 4.98 Å². The van der Waals surface area contributed by atoms with E-state index in [0.717, 1.165) is 27.6 Å². The summed E-state index contributed by atoms with van der Waals surface area (Å²) in [6.07, 6.45) is -10.8. The number of H-pyrrole nitrogens is 1. The zero-order valence-electron chi connectivity index (χ0n) is 25.6. The fourth-order valence-electron chi connectivity index (χ4n) is 4.39. The Morgan fingerprint density at radius 2 is 1.08 bits per heavy atom. The lowest BCUT2D eigenvalue weighted by molar-refractivity contribution is -0.0526. The van der Waals surface area contributed by atoms with Crippen molar-refractivity contribution in [1.82, 2.24) is 19.1 Å². The molecule has 2 aliphatic heterocycles. The first-order valence-electron chi connectivity index (χ1n) is 13.7. The first kappa shape index (κ1) is 45.6. The van der Waals surface area contributed by atoms with Crippen LogP contribution in [0.4, 0.5) is 5.82 Å². The van der Waals surface area contributed by atoms with Crippen LogP contribution in [0.2, 0.25) is 0 Å². The average Bonchev–Trinajstić information content (AvgIpc) is 3.42. The van der Waals surface area contributed by atoms with E-state index in [-0.39, 0.29) is 5.82 Å². The van der Waals surface area contributed by atoms with Crippen molar-refractivity contribution in [2.45, 2.75) is 49.1 Å². The molecule has 0 aliphatic carbocycles. The number of anilines is 1. The third kappa shape index (κ3) is 12.5. The molecule has 2 aromatic rings. The third-order valence-electron chi connectivity index (χ3n) is 6.55. The normalized spacial score (nSPS) is 31.9. The number of rotatable bonds is 16. The molecule has 0 aromatic carbocycles. The smallest absolute Gasteiger partial charge is 0.351 e. The highest BCUT2D eigenvalue weighted by Gasteiger charge is 2.47. The minimum absolute atomic E-state index is 0.127. The number of aromatic nitrogens is 4. The van der Waals surface area contributed by atoms with Crippen LogP contribution in [-0.2, 0) is 94.8 Å². The second-order valence-electron chi connectivity index (χ2n) is 10.4. The molecule has 0 amide bonds. The van der Waals surface area contributed by atoms with E-state index < -0.39 is 113 Å². The zero-order chi connectivity index (χ0) is 39.9. The molecule has 25 nitrogen and oxygen atoms in total. The van der Waals surface area contributed by atoms with E-state index in [0.29, 0.717) is 0 Å². The molecule has 13 atom stereocenters. The maximum absolute atomic E-state index is 12.1. The Balaban J connectivity index is 1.30. The van der Waals surface area contributed by atoms with E-state index in [9.17, 15) is 59.3 Å². The molecule has 2 saturated heterocycles. The molecule has 0 bridgehead atoms. The number of hydrogen-bond acceptors (Lipinski definition) is 22. The quantitative estimate of drug-likeness (QED) is 0.0738. The van der Waals surface area contributed by atoms with E-state index in [1.165, 1.54) is 6.07 Å². The summed E-state index contributed by atoms with van der Waals surface area (Å²) in [5, 5.41) is 41.4. The van der Waals surface area contributed by atoms with E-state index in [4.69, 9.17) is 56.5 Å². The highest BCUT2D eigenvalue weighted by atomic mass is 32.5. The maximum atomic E-state index is 12.1. The van der Waals surface area contributed by atoms with Crippen LogP contribution in [0.15, 0.2) is 38.9 Å². The summed E-state index contributed by atoms with van der Waals surface area (Å²) < 4.78 is 41.2. The Bertz CT molecular complexity index is 2110. The molecule has 12 N–H and O–H groups in total. The van der Waals surface area contributed by atoms with Crippen LogP contribution in [0.5, 0.6) is 0 Å². The summed E-state index contributed by atoms with van der Waals surface area (Å²) in [5.74, 6) is -0.127. The van der Waals surface area contributed by atoms with Crippen molar-refractivity contribution >= 4 is 98.4 Å². The Hall–Kier alpha value is -0.0700. The number of hydrogen-bond donors (Lipinski definition) is 11. The standard InChI is InChI=1S/C18H28N5O20P5S5/c19-9-1-3-22(17(29)20-9)15-13(27)11(25)7(38-15)5-36-44(31,49)40-46(33,51)42-48(35,53)43-47(34,52)41-45(32,50)37-6-8-12(26)14(28)16(39-8)23-4-2-10(24)21-18(23)30/h1-4,7-8,11-16,25-28H,5-6H2,(H,31,49)(H,32,50)(H,33,51)(H,34,52)(H,35,53)(H2,19,20,29)(H,21,24,30)/t7-,8-,11-,12-,13-,14-,15-,16-,44?,45?,46?,47?,48?/m1/s1. The largest absolute Gasteiger partial charge is 0.387 e. The summed E-state index contributed by atoms with van der Waals surface area (Å²) >= 11 is 23.5. The minimum atomic E-state index is -5.04. The lowest BCUT2D eigenvalue weighted by atomic mass is 10.1. The van der Waals surface area contributed by atoms with Gasteiger partial charge in [-0.1, -0.05) is 0 Å². The van der Waals surface area contributed by atoms with Crippen LogP contribution in [0.1, 0.15) is 12.5 Å². The van der Waals surface area contributed by atoms with Gasteiger partial charge in [0.05, 0.1) is 13.2 Å². The number of aliphatic hydroxyl groups is 4. The van der Waals surface area contributed by atoms with Crippen molar-refractivity contribution in [3.8, 4) is 0 Å². The van der Waals surface area contributed by atoms with Gasteiger partial charge in [0.2, 0.25) is 0 Å². The van der Waals surface area contributed by atoms with Crippen molar-refractivity contribution in [3.05, 3.63) is 55.8 Å². The first-order valence-corrected chi connectivity index (χ1v) is 26.6. The molecule has 2 aromatic heterocycles. The van der Waals surface area contributed by atoms with Crippen LogP contribution in [0.3, 0.4) is 0 Å². The van der Waals surface area contributed by atoms with Gasteiger partial charge in [0.1, 0.15) is 42.4 Å². The number of ether oxygens (including phenoxy) is 2. The lowest BCUT2D eigenvalue weighted by Gasteiger charge is -2.28. The second-order valence-corrected chi connectivity index (χ2v) is 25.1. The fraction of sp³-hybridized carbons (Fsp3) is 0.556. The Morgan fingerprint density at radius 3 is 1.49 bits per heavy atom. The van der Waals surface area contributed by atoms with Crippen LogP contribution in [0, 0.1) is 0 Å².